The Morgan fingerprint density at radius 1 is 1.18 bits per heavy atom. The number of hydrogen-bond donors (Lipinski definition) is 1. The lowest BCUT2D eigenvalue weighted by Gasteiger charge is -2.01. The fourth-order valence-corrected chi connectivity index (χ4v) is 1.48. The van der Waals surface area contributed by atoms with Gasteiger partial charge in [-0.1, -0.05) is 0 Å². The number of pyridine rings is 1. The molecule has 0 aliphatic rings. The molecule has 0 atom stereocenters. The second-order valence-electron chi connectivity index (χ2n) is 3.18. The van der Waals surface area contributed by atoms with E-state index in [1.165, 1.54) is 18.3 Å². The van der Waals surface area contributed by atoms with E-state index in [1.54, 1.807) is 0 Å². The first kappa shape index (κ1) is 10.7. The summed E-state index contributed by atoms with van der Waals surface area (Å²) in [5.41, 5.74) is -1.30. The fourth-order valence-electron chi connectivity index (χ4n) is 1.48. The van der Waals surface area contributed by atoms with Crippen LogP contribution >= 0.6 is 0 Å². The Morgan fingerprint density at radius 3 is 2.41 bits per heavy atom. The molecule has 86 valence electrons. The predicted octanol–water partition coefficient (Wildman–Crippen LogP) is 1.76. The van der Waals surface area contributed by atoms with E-state index in [1.807, 2.05) is 0 Å². The van der Waals surface area contributed by atoms with Crippen molar-refractivity contribution >= 4 is 22.3 Å². The Hall–Kier alpha value is -2.77. The molecule has 1 aromatic carbocycles. The van der Waals surface area contributed by atoms with Gasteiger partial charge in [-0.2, -0.15) is 0 Å². The number of nitro benzene ring substituents is 2. The average Bonchev–Trinajstić information content (AvgIpc) is 2.29. The summed E-state index contributed by atoms with van der Waals surface area (Å²) in [6, 6.07) is 3.46. The molecule has 0 amide bonds. The van der Waals surface area contributed by atoms with Crippen LogP contribution in [0.3, 0.4) is 0 Å². The largest absolute Gasteiger partial charge is 0.502 e. The minimum absolute atomic E-state index is 0.0200. The molecular formula is C9H5N3O5. The van der Waals surface area contributed by atoms with Crippen molar-refractivity contribution in [1.82, 2.24) is 4.98 Å². The first-order chi connectivity index (χ1) is 8.02. The Morgan fingerprint density at radius 2 is 1.82 bits per heavy atom. The summed E-state index contributed by atoms with van der Waals surface area (Å²) in [6.07, 6.45) is 1.31. The van der Waals surface area contributed by atoms with Gasteiger partial charge in [0.2, 0.25) is 5.75 Å². The first-order valence-electron chi connectivity index (χ1n) is 4.42. The molecule has 1 N–H and O–H groups in total. The summed E-state index contributed by atoms with van der Waals surface area (Å²) >= 11 is 0. The predicted molar refractivity (Wildman–Crippen MR) is 56.7 cm³/mol. The van der Waals surface area contributed by atoms with Gasteiger partial charge in [-0.05, 0) is 12.1 Å². The molecule has 17 heavy (non-hydrogen) atoms. The van der Waals surface area contributed by atoms with Gasteiger partial charge in [-0.3, -0.25) is 20.2 Å². The number of benzene rings is 1. The zero-order chi connectivity index (χ0) is 12.6. The van der Waals surface area contributed by atoms with E-state index in [0.29, 0.717) is 6.07 Å². The van der Waals surface area contributed by atoms with E-state index in [-0.39, 0.29) is 10.9 Å². The molecule has 2 aromatic rings. The Balaban J connectivity index is 2.94. The number of non-ortho nitro benzene ring substituents is 1. The van der Waals surface area contributed by atoms with Gasteiger partial charge in [-0.25, -0.2) is 4.98 Å². The fraction of sp³-hybridized carbons (Fsp3) is 0. The maximum absolute atomic E-state index is 10.8. The number of rotatable bonds is 2. The molecule has 0 aliphatic carbocycles. The van der Waals surface area contributed by atoms with Crippen LogP contribution in [-0.4, -0.2) is 19.9 Å². The van der Waals surface area contributed by atoms with Gasteiger partial charge >= 0.3 is 11.4 Å². The number of phenolic OH excluding ortho intramolecular Hbond substituents is 1. The number of nitro groups is 2. The molecule has 8 heteroatoms. The maximum Gasteiger partial charge on any atom is 0.318 e. The van der Waals surface area contributed by atoms with Crippen LogP contribution in [0.25, 0.3) is 10.9 Å². The number of aromatic hydroxyl groups is 1. The summed E-state index contributed by atoms with van der Waals surface area (Å²) in [6.45, 7) is 0. The Bertz CT molecular complexity index is 640. The molecule has 0 spiro atoms. The molecule has 0 bridgehead atoms. The van der Waals surface area contributed by atoms with E-state index >= 15 is 0 Å². The quantitative estimate of drug-likeness (QED) is 0.625. The van der Waals surface area contributed by atoms with Crippen LogP contribution in [0.1, 0.15) is 0 Å². The molecule has 1 aromatic heterocycles. The lowest BCUT2D eigenvalue weighted by molar-refractivity contribution is -0.393. The number of aromatic nitrogens is 1. The van der Waals surface area contributed by atoms with Crippen molar-refractivity contribution in [1.29, 1.82) is 0 Å². The summed E-state index contributed by atoms with van der Waals surface area (Å²) in [4.78, 5) is 23.5. The third kappa shape index (κ3) is 1.61. The number of hydrogen-bond acceptors (Lipinski definition) is 6. The topological polar surface area (TPSA) is 119 Å². The van der Waals surface area contributed by atoms with Crippen LogP contribution in [0.2, 0.25) is 0 Å². The van der Waals surface area contributed by atoms with Crippen molar-refractivity contribution in [3.05, 3.63) is 44.6 Å². The Labute approximate surface area is 93.4 Å². The second kappa shape index (κ2) is 3.67. The smallest absolute Gasteiger partial charge is 0.318 e. The molecule has 0 unspecified atom stereocenters. The highest BCUT2D eigenvalue weighted by Crippen LogP contribution is 2.38. The summed E-state index contributed by atoms with van der Waals surface area (Å²) in [5, 5.41) is 31.0. The molecule has 0 radical (unpaired) electrons. The van der Waals surface area contributed by atoms with Crippen molar-refractivity contribution in [2.24, 2.45) is 0 Å². The van der Waals surface area contributed by atoms with Crippen molar-refractivity contribution in [3.63, 3.8) is 0 Å². The third-order valence-corrected chi connectivity index (χ3v) is 2.21. The second-order valence-corrected chi connectivity index (χ2v) is 3.18. The molecule has 0 saturated carbocycles. The lowest BCUT2D eigenvalue weighted by atomic mass is 10.1. The van der Waals surface area contributed by atoms with Crippen LogP contribution in [0.15, 0.2) is 24.4 Å². The van der Waals surface area contributed by atoms with Crippen molar-refractivity contribution in [2.45, 2.75) is 0 Å². The van der Waals surface area contributed by atoms with E-state index in [4.69, 9.17) is 0 Å². The van der Waals surface area contributed by atoms with Gasteiger partial charge in [0.1, 0.15) is 6.07 Å². The summed E-state index contributed by atoms with van der Waals surface area (Å²) in [7, 11) is 0. The summed E-state index contributed by atoms with van der Waals surface area (Å²) in [5.74, 6) is -0.622. The normalized spacial score (nSPS) is 10.4. The van der Waals surface area contributed by atoms with Crippen molar-refractivity contribution < 1.29 is 15.0 Å². The zero-order valence-electron chi connectivity index (χ0n) is 8.23. The number of phenols is 1. The van der Waals surface area contributed by atoms with E-state index in [2.05, 4.69) is 4.98 Å². The highest BCUT2D eigenvalue weighted by atomic mass is 16.6. The van der Waals surface area contributed by atoms with Crippen LogP contribution in [0, 0.1) is 20.2 Å². The molecule has 8 nitrogen and oxygen atoms in total. The Kier molecular flexibility index (Phi) is 2.32. The molecule has 1 heterocycles. The number of fused-ring (bicyclic) bond motifs is 1. The van der Waals surface area contributed by atoms with Crippen LogP contribution in [0.4, 0.5) is 11.4 Å². The minimum Gasteiger partial charge on any atom is -0.502 e. The van der Waals surface area contributed by atoms with Gasteiger partial charge in [0.25, 0.3) is 0 Å². The molecular weight excluding hydrogens is 230 g/mol. The van der Waals surface area contributed by atoms with E-state index < -0.39 is 27.0 Å². The van der Waals surface area contributed by atoms with Gasteiger partial charge in [0.15, 0.2) is 5.52 Å². The lowest BCUT2D eigenvalue weighted by Crippen LogP contribution is -1.96. The minimum atomic E-state index is -0.880. The molecule has 2 rings (SSSR count). The molecule has 0 aliphatic heterocycles. The van der Waals surface area contributed by atoms with Crippen molar-refractivity contribution in [2.75, 3.05) is 0 Å². The van der Waals surface area contributed by atoms with Crippen molar-refractivity contribution in [3.8, 4) is 5.75 Å². The third-order valence-electron chi connectivity index (χ3n) is 2.21. The first-order valence-corrected chi connectivity index (χ1v) is 4.42. The monoisotopic (exact) mass is 235 g/mol. The van der Waals surface area contributed by atoms with Crippen LogP contribution < -0.4 is 0 Å². The molecule has 0 fully saturated rings. The maximum atomic E-state index is 10.8. The highest BCUT2D eigenvalue weighted by molar-refractivity contribution is 5.95. The summed E-state index contributed by atoms with van der Waals surface area (Å²) < 4.78 is 0. The molecule has 0 saturated heterocycles. The van der Waals surface area contributed by atoms with Gasteiger partial charge < -0.3 is 5.11 Å². The zero-order valence-corrected chi connectivity index (χ0v) is 8.23. The SMILES string of the molecule is O=[N+]([O-])c1cc([N+](=O)[O-])c2ncccc2c1O. The van der Waals surface area contributed by atoms with Gasteiger partial charge in [0.05, 0.1) is 15.2 Å². The number of nitrogens with zero attached hydrogens (tertiary/aromatic N) is 3. The van der Waals surface area contributed by atoms with Crippen LogP contribution in [-0.2, 0) is 0 Å². The highest BCUT2D eigenvalue weighted by Gasteiger charge is 2.25. The van der Waals surface area contributed by atoms with Gasteiger partial charge in [0, 0.05) is 6.20 Å². The standard InChI is InChI=1S/C9H5N3O5/c13-9-5-2-1-3-10-8(5)6(11(14)15)4-7(9)12(16)17/h1-4,13H. The van der Waals surface area contributed by atoms with Crippen LogP contribution in [0.5, 0.6) is 5.75 Å². The van der Waals surface area contributed by atoms with E-state index in [0.717, 1.165) is 0 Å². The average molecular weight is 235 g/mol. The van der Waals surface area contributed by atoms with E-state index in [9.17, 15) is 25.3 Å². The van der Waals surface area contributed by atoms with Gasteiger partial charge in [-0.15, -0.1) is 0 Å².